The quantitative estimate of drug-likeness (QED) is 0.384. The molecule has 4 rings (SSSR count). The molecular weight excluding hydrogens is 440 g/mol. The number of aryl methyl sites for hydroxylation is 1. The lowest BCUT2D eigenvalue weighted by molar-refractivity contribution is 0.0526. The fourth-order valence-corrected chi connectivity index (χ4v) is 4.32. The zero-order valence-corrected chi connectivity index (χ0v) is 18.9. The molecule has 33 heavy (non-hydrogen) atoms. The molecule has 8 nitrogen and oxygen atoms in total. The summed E-state index contributed by atoms with van der Waals surface area (Å²) in [5.41, 5.74) is 2.82. The van der Waals surface area contributed by atoms with E-state index in [1.807, 2.05) is 19.1 Å². The van der Waals surface area contributed by atoms with Crippen molar-refractivity contribution in [1.82, 2.24) is 9.97 Å². The van der Waals surface area contributed by atoms with E-state index in [0.717, 1.165) is 5.56 Å². The highest BCUT2D eigenvalue weighted by molar-refractivity contribution is 7.92. The number of nitrogens with zero attached hydrogens (tertiary/aromatic N) is 2. The third-order valence-electron chi connectivity index (χ3n) is 4.74. The highest BCUT2D eigenvalue weighted by Gasteiger charge is 2.19. The lowest BCUT2D eigenvalue weighted by Gasteiger charge is -2.14. The highest BCUT2D eigenvalue weighted by atomic mass is 32.2. The van der Waals surface area contributed by atoms with Crippen molar-refractivity contribution in [3.63, 3.8) is 0 Å². The summed E-state index contributed by atoms with van der Waals surface area (Å²) in [6.07, 6.45) is 0. The van der Waals surface area contributed by atoms with Crippen molar-refractivity contribution in [1.29, 1.82) is 0 Å². The van der Waals surface area contributed by atoms with Gasteiger partial charge in [0.25, 0.3) is 10.0 Å². The van der Waals surface area contributed by atoms with Crippen LogP contribution in [0.15, 0.2) is 77.7 Å². The number of fused-ring (bicyclic) bond motifs is 1. The lowest BCUT2D eigenvalue weighted by Crippen LogP contribution is -2.16. The van der Waals surface area contributed by atoms with Gasteiger partial charge in [0.2, 0.25) is 0 Å². The number of benzene rings is 3. The number of carbonyl (C=O) groups is 1. The first kappa shape index (κ1) is 22.2. The summed E-state index contributed by atoms with van der Waals surface area (Å²) in [5.74, 6) is -0.214. The molecule has 0 saturated heterocycles. The van der Waals surface area contributed by atoms with Crippen LogP contribution in [-0.2, 0) is 14.8 Å². The molecule has 1 aromatic heterocycles. The van der Waals surface area contributed by atoms with Gasteiger partial charge in [-0.15, -0.1) is 0 Å². The Hall–Kier alpha value is -3.98. The second kappa shape index (κ2) is 9.25. The van der Waals surface area contributed by atoms with Crippen LogP contribution in [0.2, 0.25) is 0 Å². The van der Waals surface area contributed by atoms with Gasteiger partial charge in [0.1, 0.15) is 0 Å². The van der Waals surface area contributed by atoms with Gasteiger partial charge in [-0.2, -0.15) is 0 Å². The third-order valence-corrected chi connectivity index (χ3v) is 6.07. The molecule has 1 heterocycles. The van der Waals surface area contributed by atoms with Gasteiger partial charge < -0.3 is 10.1 Å². The Kier molecular flexibility index (Phi) is 6.23. The summed E-state index contributed by atoms with van der Waals surface area (Å²) in [7, 11) is -3.91. The minimum Gasteiger partial charge on any atom is -0.462 e. The maximum atomic E-state index is 13.0. The Morgan fingerprint density at radius 1 is 0.909 bits per heavy atom. The van der Waals surface area contributed by atoms with E-state index in [9.17, 15) is 13.2 Å². The molecule has 0 spiro atoms. The van der Waals surface area contributed by atoms with Crippen LogP contribution in [0.3, 0.4) is 0 Å². The maximum Gasteiger partial charge on any atom is 0.338 e. The van der Waals surface area contributed by atoms with Crippen LogP contribution in [0, 0.1) is 6.92 Å². The minimum atomic E-state index is -3.91. The van der Waals surface area contributed by atoms with Crippen molar-refractivity contribution in [3.05, 3.63) is 83.9 Å². The van der Waals surface area contributed by atoms with E-state index in [2.05, 4.69) is 20.0 Å². The van der Waals surface area contributed by atoms with Gasteiger partial charge in [0.05, 0.1) is 28.1 Å². The molecule has 0 atom stereocenters. The van der Waals surface area contributed by atoms with Crippen molar-refractivity contribution >= 4 is 44.3 Å². The van der Waals surface area contributed by atoms with E-state index in [4.69, 9.17) is 4.74 Å². The summed E-state index contributed by atoms with van der Waals surface area (Å²) in [5, 5.41) is 3.08. The van der Waals surface area contributed by atoms with Crippen molar-refractivity contribution in [2.45, 2.75) is 18.7 Å². The van der Waals surface area contributed by atoms with Crippen molar-refractivity contribution < 1.29 is 17.9 Å². The molecule has 0 aliphatic carbocycles. The Labute approximate surface area is 191 Å². The topological polar surface area (TPSA) is 110 Å². The van der Waals surface area contributed by atoms with Gasteiger partial charge in [-0.25, -0.2) is 23.2 Å². The van der Waals surface area contributed by atoms with Gasteiger partial charge in [0.15, 0.2) is 11.6 Å². The smallest absolute Gasteiger partial charge is 0.338 e. The molecule has 0 aliphatic rings. The molecule has 0 bridgehead atoms. The number of hydrogen-bond acceptors (Lipinski definition) is 7. The molecule has 0 amide bonds. The monoisotopic (exact) mass is 462 g/mol. The SMILES string of the molecule is CCOC(=O)c1cccc(Nc2nc3ccccc3nc2NS(=O)(=O)c2cccc(C)c2)c1. The number of sulfonamides is 1. The van der Waals surface area contributed by atoms with E-state index in [-0.39, 0.29) is 23.1 Å². The summed E-state index contributed by atoms with van der Waals surface area (Å²) in [6.45, 7) is 3.81. The minimum absolute atomic E-state index is 0.0387. The molecule has 0 aliphatic heterocycles. The second-order valence-corrected chi connectivity index (χ2v) is 8.94. The van der Waals surface area contributed by atoms with Crippen LogP contribution in [0.5, 0.6) is 0 Å². The standard InChI is InChI=1S/C24H22N4O4S/c1-3-32-24(29)17-9-7-10-18(15-17)25-22-23(27-21-13-5-4-12-20(21)26-22)28-33(30,31)19-11-6-8-16(2)14-19/h4-15H,3H2,1-2H3,(H,25,26)(H,27,28). The molecule has 3 aromatic carbocycles. The normalized spacial score (nSPS) is 11.2. The van der Waals surface area contributed by atoms with Gasteiger partial charge >= 0.3 is 5.97 Å². The van der Waals surface area contributed by atoms with Gasteiger partial charge in [-0.05, 0) is 61.9 Å². The molecule has 9 heteroatoms. The average molecular weight is 463 g/mol. The fraction of sp³-hybridized carbons (Fsp3) is 0.125. The lowest BCUT2D eigenvalue weighted by atomic mass is 10.2. The zero-order chi connectivity index (χ0) is 23.4. The summed E-state index contributed by atoms with van der Waals surface area (Å²) in [4.78, 5) is 21.3. The van der Waals surface area contributed by atoms with E-state index >= 15 is 0 Å². The first-order valence-electron chi connectivity index (χ1n) is 10.3. The summed E-state index contributed by atoms with van der Waals surface area (Å²) in [6, 6.07) is 20.4. The first-order chi connectivity index (χ1) is 15.9. The van der Waals surface area contributed by atoms with Crippen LogP contribution < -0.4 is 10.0 Å². The molecule has 2 N–H and O–H groups in total. The number of para-hydroxylation sites is 2. The van der Waals surface area contributed by atoms with Gasteiger partial charge in [-0.1, -0.05) is 30.3 Å². The number of ether oxygens (including phenoxy) is 1. The van der Waals surface area contributed by atoms with E-state index in [1.54, 1.807) is 61.5 Å². The number of carbonyl (C=O) groups excluding carboxylic acids is 1. The number of hydrogen-bond donors (Lipinski definition) is 2. The molecule has 0 unspecified atom stereocenters. The fourth-order valence-electron chi connectivity index (χ4n) is 3.20. The van der Waals surface area contributed by atoms with Crippen molar-refractivity contribution in [2.75, 3.05) is 16.6 Å². The maximum absolute atomic E-state index is 13.0. The Morgan fingerprint density at radius 3 is 2.30 bits per heavy atom. The molecule has 0 saturated carbocycles. The highest BCUT2D eigenvalue weighted by Crippen LogP contribution is 2.27. The Morgan fingerprint density at radius 2 is 1.61 bits per heavy atom. The van der Waals surface area contributed by atoms with Crippen molar-refractivity contribution in [3.8, 4) is 0 Å². The number of aromatic nitrogens is 2. The van der Waals surface area contributed by atoms with Gasteiger partial charge in [-0.3, -0.25) is 4.72 Å². The third kappa shape index (κ3) is 5.09. The molecule has 168 valence electrons. The zero-order valence-electron chi connectivity index (χ0n) is 18.1. The van der Waals surface area contributed by atoms with Crippen molar-refractivity contribution in [2.24, 2.45) is 0 Å². The van der Waals surface area contributed by atoms with Crippen LogP contribution >= 0.6 is 0 Å². The van der Waals surface area contributed by atoms with E-state index in [1.165, 1.54) is 6.07 Å². The van der Waals surface area contributed by atoms with E-state index in [0.29, 0.717) is 22.3 Å². The predicted molar refractivity (Wildman–Crippen MR) is 127 cm³/mol. The summed E-state index contributed by atoms with van der Waals surface area (Å²) < 4.78 is 33.7. The first-order valence-corrected chi connectivity index (χ1v) is 11.7. The molecule has 0 fully saturated rings. The predicted octanol–water partition coefficient (Wildman–Crippen LogP) is 4.66. The van der Waals surface area contributed by atoms with Crippen LogP contribution in [0.1, 0.15) is 22.8 Å². The largest absolute Gasteiger partial charge is 0.462 e. The van der Waals surface area contributed by atoms with Crippen LogP contribution in [0.4, 0.5) is 17.3 Å². The molecule has 0 radical (unpaired) electrons. The second-order valence-electron chi connectivity index (χ2n) is 7.26. The van der Waals surface area contributed by atoms with Gasteiger partial charge in [0, 0.05) is 5.69 Å². The number of nitrogens with one attached hydrogen (secondary N) is 2. The number of anilines is 3. The average Bonchev–Trinajstić information content (AvgIpc) is 2.79. The molecule has 4 aromatic rings. The van der Waals surface area contributed by atoms with Crippen LogP contribution in [-0.4, -0.2) is 31.0 Å². The number of esters is 1. The Balaban J connectivity index is 1.74. The van der Waals surface area contributed by atoms with E-state index < -0.39 is 16.0 Å². The number of rotatable bonds is 7. The van der Waals surface area contributed by atoms with Crippen LogP contribution in [0.25, 0.3) is 11.0 Å². The Bertz CT molecular complexity index is 1440. The molecular formula is C24H22N4O4S. The summed E-state index contributed by atoms with van der Waals surface area (Å²) >= 11 is 0.